The molecule has 0 saturated heterocycles. The minimum Gasteiger partial charge on any atom is -0.451 e. The van der Waals surface area contributed by atoms with E-state index in [1.54, 1.807) is 18.5 Å². The Labute approximate surface area is 151 Å². The van der Waals surface area contributed by atoms with Gasteiger partial charge in [0, 0.05) is 17.8 Å². The maximum atomic E-state index is 12.8. The van der Waals surface area contributed by atoms with Crippen LogP contribution in [0, 0.1) is 6.92 Å². The average Bonchev–Trinajstić information content (AvgIpc) is 3.10. The number of amides is 1. The van der Waals surface area contributed by atoms with E-state index in [-0.39, 0.29) is 11.9 Å². The van der Waals surface area contributed by atoms with Crippen molar-refractivity contribution in [3.05, 3.63) is 102 Å². The zero-order chi connectivity index (χ0) is 17.9. The molecule has 1 N–H and O–H groups in total. The van der Waals surface area contributed by atoms with Crippen molar-refractivity contribution in [2.24, 2.45) is 0 Å². The van der Waals surface area contributed by atoms with Crippen LogP contribution in [-0.2, 0) is 0 Å². The Balaban J connectivity index is 1.67. The minimum atomic E-state index is -0.276. The summed E-state index contributed by atoms with van der Waals surface area (Å²) in [5.74, 6) is 0.0603. The summed E-state index contributed by atoms with van der Waals surface area (Å²) in [6, 6.07) is 21.0. The number of aryl methyl sites for hydroxylation is 1. The summed E-state index contributed by atoms with van der Waals surface area (Å²) in [6.07, 6.45) is 3.45. The lowest BCUT2D eigenvalue weighted by atomic mass is 9.99. The first-order valence-electron chi connectivity index (χ1n) is 8.46. The van der Waals surface area contributed by atoms with E-state index < -0.39 is 0 Å². The highest BCUT2D eigenvalue weighted by atomic mass is 16.3. The van der Waals surface area contributed by atoms with Crippen molar-refractivity contribution in [3.63, 3.8) is 0 Å². The molecule has 0 fully saturated rings. The number of hydrogen-bond donors (Lipinski definition) is 1. The Morgan fingerprint density at radius 1 is 0.962 bits per heavy atom. The van der Waals surface area contributed by atoms with E-state index in [4.69, 9.17) is 4.42 Å². The molecule has 1 amide bonds. The number of rotatable bonds is 4. The zero-order valence-electron chi connectivity index (χ0n) is 14.3. The largest absolute Gasteiger partial charge is 0.451 e. The molecule has 1 atom stereocenters. The van der Waals surface area contributed by atoms with Crippen molar-refractivity contribution in [3.8, 4) is 0 Å². The second kappa shape index (κ2) is 6.84. The Bertz CT molecular complexity index is 1000. The van der Waals surface area contributed by atoms with Crippen LogP contribution in [0.5, 0.6) is 0 Å². The van der Waals surface area contributed by atoms with E-state index >= 15 is 0 Å². The molecule has 1 unspecified atom stereocenters. The molecule has 0 aliphatic rings. The van der Waals surface area contributed by atoms with E-state index in [0.29, 0.717) is 11.3 Å². The van der Waals surface area contributed by atoms with Crippen LogP contribution >= 0.6 is 0 Å². The lowest BCUT2D eigenvalue weighted by Gasteiger charge is -2.19. The third kappa shape index (κ3) is 3.22. The maximum absolute atomic E-state index is 12.8. The predicted octanol–water partition coefficient (Wildman–Crippen LogP) is 4.66. The molecule has 0 aliphatic carbocycles. The van der Waals surface area contributed by atoms with Crippen LogP contribution in [0.2, 0.25) is 0 Å². The van der Waals surface area contributed by atoms with Gasteiger partial charge in [-0.05, 0) is 48.4 Å². The Morgan fingerprint density at radius 3 is 2.46 bits per heavy atom. The summed E-state index contributed by atoms with van der Waals surface area (Å²) in [4.78, 5) is 16.9. The summed E-state index contributed by atoms with van der Waals surface area (Å²) < 4.78 is 5.73. The van der Waals surface area contributed by atoms with Crippen LogP contribution in [-0.4, -0.2) is 10.9 Å². The van der Waals surface area contributed by atoms with Gasteiger partial charge in [-0.1, -0.05) is 42.0 Å². The molecule has 2 aromatic carbocycles. The van der Waals surface area contributed by atoms with Gasteiger partial charge in [0.25, 0.3) is 5.91 Å². The highest BCUT2D eigenvalue weighted by Crippen LogP contribution is 2.24. The first kappa shape index (κ1) is 16.1. The summed E-state index contributed by atoms with van der Waals surface area (Å²) in [7, 11) is 0. The van der Waals surface area contributed by atoms with Gasteiger partial charge < -0.3 is 9.73 Å². The van der Waals surface area contributed by atoms with Crippen molar-refractivity contribution in [1.82, 2.24) is 10.3 Å². The van der Waals surface area contributed by atoms with Crippen molar-refractivity contribution in [2.45, 2.75) is 13.0 Å². The molecular formula is C22H18N2O2. The van der Waals surface area contributed by atoms with Crippen molar-refractivity contribution >= 4 is 16.9 Å². The van der Waals surface area contributed by atoms with Crippen LogP contribution in [0.4, 0.5) is 0 Å². The smallest absolute Gasteiger partial charge is 0.287 e. The van der Waals surface area contributed by atoms with E-state index in [0.717, 1.165) is 22.1 Å². The lowest BCUT2D eigenvalue weighted by Crippen LogP contribution is -2.29. The van der Waals surface area contributed by atoms with Gasteiger partial charge in [-0.3, -0.25) is 9.78 Å². The molecule has 0 spiro atoms. The Hall–Kier alpha value is -3.40. The molecule has 26 heavy (non-hydrogen) atoms. The quantitative estimate of drug-likeness (QED) is 0.587. The number of carbonyl (C=O) groups excluding carboxylic acids is 1. The SMILES string of the molecule is Cc1ccc2oc(C(=O)NC(c3ccccc3)c3ccncc3)cc2c1. The summed E-state index contributed by atoms with van der Waals surface area (Å²) in [6.45, 7) is 2.01. The number of hydrogen-bond acceptors (Lipinski definition) is 3. The molecule has 4 aromatic rings. The molecule has 4 heteroatoms. The molecule has 0 aliphatic heterocycles. The van der Waals surface area contributed by atoms with Gasteiger partial charge in [-0.15, -0.1) is 0 Å². The van der Waals surface area contributed by atoms with Crippen molar-refractivity contribution in [1.29, 1.82) is 0 Å². The molecule has 128 valence electrons. The molecule has 0 saturated carbocycles. The number of benzene rings is 2. The minimum absolute atomic E-state index is 0.246. The fraction of sp³-hybridized carbons (Fsp3) is 0.0909. The number of pyridine rings is 1. The van der Waals surface area contributed by atoms with Gasteiger partial charge in [0.15, 0.2) is 5.76 Å². The Morgan fingerprint density at radius 2 is 1.69 bits per heavy atom. The average molecular weight is 342 g/mol. The van der Waals surface area contributed by atoms with Crippen molar-refractivity contribution < 1.29 is 9.21 Å². The number of nitrogens with zero attached hydrogens (tertiary/aromatic N) is 1. The van der Waals surface area contributed by atoms with Gasteiger partial charge in [0.05, 0.1) is 6.04 Å². The van der Waals surface area contributed by atoms with E-state index in [1.165, 1.54) is 0 Å². The third-order valence-corrected chi connectivity index (χ3v) is 4.34. The summed E-state index contributed by atoms with van der Waals surface area (Å²) >= 11 is 0. The van der Waals surface area contributed by atoms with Crippen LogP contribution in [0.3, 0.4) is 0 Å². The van der Waals surface area contributed by atoms with E-state index in [9.17, 15) is 4.79 Å². The normalized spacial score (nSPS) is 12.0. The number of fused-ring (bicyclic) bond motifs is 1. The fourth-order valence-corrected chi connectivity index (χ4v) is 3.04. The number of aromatic nitrogens is 1. The van der Waals surface area contributed by atoms with Crippen molar-refractivity contribution in [2.75, 3.05) is 0 Å². The summed E-state index contributed by atoms with van der Waals surface area (Å²) in [5, 5.41) is 4.01. The topological polar surface area (TPSA) is 55.1 Å². The molecular weight excluding hydrogens is 324 g/mol. The molecule has 2 aromatic heterocycles. The maximum Gasteiger partial charge on any atom is 0.287 e. The molecule has 4 rings (SSSR count). The standard InChI is InChI=1S/C22H18N2O2/c1-15-7-8-19-18(13-15)14-20(26-19)22(25)24-21(16-5-3-2-4-6-16)17-9-11-23-12-10-17/h2-14,21H,1H3,(H,24,25). The van der Waals surface area contributed by atoms with Gasteiger partial charge in [0.1, 0.15) is 5.58 Å². The third-order valence-electron chi connectivity index (χ3n) is 4.34. The van der Waals surface area contributed by atoms with Gasteiger partial charge in [-0.2, -0.15) is 0 Å². The second-order valence-electron chi connectivity index (χ2n) is 6.25. The summed E-state index contributed by atoms with van der Waals surface area (Å²) in [5.41, 5.74) is 3.80. The molecule has 0 bridgehead atoms. The van der Waals surface area contributed by atoms with Crippen LogP contribution in [0.15, 0.2) is 83.5 Å². The monoisotopic (exact) mass is 342 g/mol. The zero-order valence-corrected chi connectivity index (χ0v) is 14.3. The van der Waals surface area contributed by atoms with Crippen LogP contribution < -0.4 is 5.32 Å². The first-order valence-corrected chi connectivity index (χ1v) is 8.46. The van der Waals surface area contributed by atoms with Gasteiger partial charge in [-0.25, -0.2) is 0 Å². The number of nitrogens with one attached hydrogen (secondary N) is 1. The lowest BCUT2D eigenvalue weighted by molar-refractivity contribution is 0.0917. The van der Waals surface area contributed by atoms with Gasteiger partial charge >= 0.3 is 0 Å². The number of furan rings is 1. The van der Waals surface area contributed by atoms with Crippen LogP contribution in [0.25, 0.3) is 11.0 Å². The highest BCUT2D eigenvalue weighted by molar-refractivity contribution is 5.96. The predicted molar refractivity (Wildman–Crippen MR) is 101 cm³/mol. The second-order valence-corrected chi connectivity index (χ2v) is 6.25. The van der Waals surface area contributed by atoms with Gasteiger partial charge in [0.2, 0.25) is 0 Å². The highest BCUT2D eigenvalue weighted by Gasteiger charge is 2.20. The number of carbonyl (C=O) groups is 1. The van der Waals surface area contributed by atoms with Crippen LogP contribution in [0.1, 0.15) is 33.3 Å². The molecule has 2 heterocycles. The van der Waals surface area contributed by atoms with E-state index in [2.05, 4.69) is 10.3 Å². The molecule has 4 nitrogen and oxygen atoms in total. The Kier molecular flexibility index (Phi) is 4.23. The van der Waals surface area contributed by atoms with E-state index in [1.807, 2.05) is 67.6 Å². The first-order chi connectivity index (χ1) is 12.7. The molecule has 0 radical (unpaired) electrons. The fourth-order valence-electron chi connectivity index (χ4n) is 3.04.